The molecule has 1 amide bonds. The van der Waals surface area contributed by atoms with E-state index in [-0.39, 0.29) is 24.3 Å². The molecule has 0 saturated heterocycles. The Labute approximate surface area is 135 Å². The fourth-order valence-electron chi connectivity index (χ4n) is 3.06. The SMILES string of the molecule is C[C@H]1CCCC[C@H]1NC(=O)COC(=O)c1cc2ccccc2o1. The van der Waals surface area contributed by atoms with E-state index in [4.69, 9.17) is 9.15 Å². The maximum absolute atomic E-state index is 12.0. The number of para-hydroxylation sites is 1. The Hall–Kier alpha value is -2.30. The van der Waals surface area contributed by atoms with Gasteiger partial charge in [-0.2, -0.15) is 0 Å². The van der Waals surface area contributed by atoms with Gasteiger partial charge in [0.2, 0.25) is 5.76 Å². The van der Waals surface area contributed by atoms with E-state index in [1.807, 2.05) is 18.2 Å². The molecule has 1 aliphatic rings. The van der Waals surface area contributed by atoms with Gasteiger partial charge in [0.25, 0.3) is 5.91 Å². The molecule has 1 heterocycles. The van der Waals surface area contributed by atoms with Crippen molar-refractivity contribution >= 4 is 22.8 Å². The van der Waals surface area contributed by atoms with Gasteiger partial charge in [0.05, 0.1) is 0 Å². The molecule has 2 atom stereocenters. The van der Waals surface area contributed by atoms with Gasteiger partial charge in [-0.25, -0.2) is 4.79 Å². The van der Waals surface area contributed by atoms with E-state index >= 15 is 0 Å². The van der Waals surface area contributed by atoms with Gasteiger partial charge in [-0.15, -0.1) is 0 Å². The van der Waals surface area contributed by atoms with E-state index in [1.54, 1.807) is 12.1 Å². The predicted molar refractivity (Wildman–Crippen MR) is 86.1 cm³/mol. The molecular formula is C18H21NO4. The number of hydrogen-bond donors (Lipinski definition) is 1. The molecule has 1 saturated carbocycles. The van der Waals surface area contributed by atoms with Crippen molar-refractivity contribution in [2.24, 2.45) is 5.92 Å². The first-order chi connectivity index (χ1) is 11.1. The number of amides is 1. The summed E-state index contributed by atoms with van der Waals surface area (Å²) in [7, 11) is 0. The van der Waals surface area contributed by atoms with E-state index < -0.39 is 5.97 Å². The molecule has 5 nitrogen and oxygen atoms in total. The van der Waals surface area contributed by atoms with Crippen molar-refractivity contribution in [3.8, 4) is 0 Å². The molecule has 23 heavy (non-hydrogen) atoms. The Morgan fingerprint density at radius 2 is 2.04 bits per heavy atom. The van der Waals surface area contributed by atoms with Gasteiger partial charge in [-0.05, 0) is 30.9 Å². The second-order valence-electron chi connectivity index (χ2n) is 6.16. The predicted octanol–water partition coefficient (Wildman–Crippen LogP) is 3.28. The maximum atomic E-state index is 12.0. The average molecular weight is 315 g/mol. The molecule has 1 N–H and O–H groups in total. The second kappa shape index (κ2) is 6.86. The molecule has 1 aliphatic carbocycles. The number of esters is 1. The number of fused-ring (bicyclic) bond motifs is 1. The molecule has 1 aromatic carbocycles. The fourth-order valence-corrected chi connectivity index (χ4v) is 3.06. The summed E-state index contributed by atoms with van der Waals surface area (Å²) in [5, 5.41) is 3.79. The minimum absolute atomic E-state index is 0.116. The van der Waals surface area contributed by atoms with E-state index in [2.05, 4.69) is 12.2 Å². The van der Waals surface area contributed by atoms with Gasteiger partial charge in [0.15, 0.2) is 6.61 Å². The van der Waals surface area contributed by atoms with Crippen LogP contribution in [0.15, 0.2) is 34.7 Å². The first-order valence-corrected chi connectivity index (χ1v) is 8.08. The smallest absolute Gasteiger partial charge is 0.374 e. The van der Waals surface area contributed by atoms with Crippen molar-refractivity contribution < 1.29 is 18.7 Å². The monoisotopic (exact) mass is 315 g/mol. The Balaban J connectivity index is 1.52. The van der Waals surface area contributed by atoms with E-state index in [0.29, 0.717) is 11.5 Å². The normalized spacial score (nSPS) is 21.1. The third kappa shape index (κ3) is 3.73. The summed E-state index contributed by atoms with van der Waals surface area (Å²) >= 11 is 0. The van der Waals surface area contributed by atoms with E-state index in [0.717, 1.165) is 24.6 Å². The van der Waals surface area contributed by atoms with Crippen molar-refractivity contribution in [3.63, 3.8) is 0 Å². The minimum Gasteiger partial charge on any atom is -0.450 e. The van der Waals surface area contributed by atoms with Crippen molar-refractivity contribution in [2.75, 3.05) is 6.61 Å². The van der Waals surface area contributed by atoms with E-state index in [9.17, 15) is 9.59 Å². The van der Waals surface area contributed by atoms with Gasteiger partial charge in [0.1, 0.15) is 5.58 Å². The van der Waals surface area contributed by atoms with Crippen molar-refractivity contribution in [2.45, 2.75) is 38.6 Å². The first kappa shape index (κ1) is 15.6. The number of hydrogen-bond acceptors (Lipinski definition) is 4. The zero-order valence-electron chi connectivity index (χ0n) is 13.2. The lowest BCUT2D eigenvalue weighted by Gasteiger charge is -2.29. The molecule has 1 aromatic heterocycles. The van der Waals surface area contributed by atoms with Gasteiger partial charge in [-0.3, -0.25) is 4.79 Å². The maximum Gasteiger partial charge on any atom is 0.374 e. The third-order valence-corrected chi connectivity index (χ3v) is 4.42. The summed E-state index contributed by atoms with van der Waals surface area (Å²) in [6.07, 6.45) is 4.47. The summed E-state index contributed by atoms with van der Waals surface area (Å²) in [6, 6.07) is 9.14. The minimum atomic E-state index is -0.618. The number of furan rings is 1. The summed E-state index contributed by atoms with van der Waals surface area (Å²) in [5.41, 5.74) is 0.625. The molecule has 2 aromatic rings. The standard InChI is InChI=1S/C18H21NO4/c1-12-6-2-4-8-14(12)19-17(20)11-22-18(21)16-10-13-7-3-5-9-15(13)23-16/h3,5,7,9-10,12,14H,2,4,6,8,11H2,1H3,(H,19,20)/t12-,14+/m0/s1. The highest BCUT2D eigenvalue weighted by molar-refractivity contribution is 5.93. The lowest BCUT2D eigenvalue weighted by Crippen LogP contribution is -2.42. The quantitative estimate of drug-likeness (QED) is 0.879. The summed E-state index contributed by atoms with van der Waals surface area (Å²) in [6.45, 7) is 1.86. The molecule has 5 heteroatoms. The van der Waals surface area contributed by atoms with Gasteiger partial charge in [0, 0.05) is 11.4 Å². The molecule has 3 rings (SSSR count). The summed E-state index contributed by atoms with van der Waals surface area (Å²) < 4.78 is 10.5. The highest BCUT2D eigenvalue weighted by Gasteiger charge is 2.23. The van der Waals surface area contributed by atoms with Gasteiger partial charge >= 0.3 is 5.97 Å². The zero-order valence-corrected chi connectivity index (χ0v) is 13.2. The Morgan fingerprint density at radius 3 is 2.83 bits per heavy atom. The van der Waals surface area contributed by atoms with Crippen LogP contribution < -0.4 is 5.32 Å². The lowest BCUT2D eigenvalue weighted by atomic mass is 9.86. The Morgan fingerprint density at radius 1 is 1.26 bits per heavy atom. The van der Waals surface area contributed by atoms with Crippen LogP contribution in [0.25, 0.3) is 11.0 Å². The Bertz CT molecular complexity index is 673. The highest BCUT2D eigenvalue weighted by atomic mass is 16.5. The van der Waals surface area contributed by atoms with Crippen LogP contribution in [-0.2, 0) is 9.53 Å². The van der Waals surface area contributed by atoms with Crippen LogP contribution in [0.3, 0.4) is 0 Å². The van der Waals surface area contributed by atoms with Crippen LogP contribution in [0.1, 0.15) is 43.2 Å². The van der Waals surface area contributed by atoms with Gasteiger partial charge in [-0.1, -0.05) is 38.0 Å². The second-order valence-corrected chi connectivity index (χ2v) is 6.16. The van der Waals surface area contributed by atoms with Crippen LogP contribution >= 0.6 is 0 Å². The van der Waals surface area contributed by atoms with Crippen LogP contribution in [0.4, 0.5) is 0 Å². The number of ether oxygens (including phenoxy) is 1. The molecule has 0 radical (unpaired) electrons. The number of rotatable bonds is 4. The molecule has 0 aliphatic heterocycles. The molecule has 1 fully saturated rings. The third-order valence-electron chi connectivity index (χ3n) is 4.42. The van der Waals surface area contributed by atoms with Crippen LogP contribution in [-0.4, -0.2) is 24.5 Å². The molecule has 0 unspecified atom stereocenters. The number of carbonyl (C=O) groups is 2. The van der Waals surface area contributed by atoms with Crippen LogP contribution in [0, 0.1) is 5.92 Å². The first-order valence-electron chi connectivity index (χ1n) is 8.08. The molecular weight excluding hydrogens is 294 g/mol. The largest absolute Gasteiger partial charge is 0.450 e. The Kier molecular flexibility index (Phi) is 4.65. The number of benzene rings is 1. The molecule has 0 bridgehead atoms. The summed E-state index contributed by atoms with van der Waals surface area (Å²) in [4.78, 5) is 23.9. The number of carbonyl (C=O) groups excluding carboxylic acids is 2. The topological polar surface area (TPSA) is 68.5 Å². The van der Waals surface area contributed by atoms with Crippen molar-refractivity contribution in [1.29, 1.82) is 0 Å². The lowest BCUT2D eigenvalue weighted by molar-refractivity contribution is -0.125. The average Bonchev–Trinajstić information content (AvgIpc) is 2.99. The number of nitrogens with one attached hydrogen (secondary N) is 1. The summed E-state index contributed by atoms with van der Waals surface area (Å²) in [5.74, 6) is -0.287. The zero-order chi connectivity index (χ0) is 16.2. The van der Waals surface area contributed by atoms with Crippen molar-refractivity contribution in [3.05, 3.63) is 36.1 Å². The van der Waals surface area contributed by atoms with Gasteiger partial charge < -0.3 is 14.5 Å². The van der Waals surface area contributed by atoms with Crippen molar-refractivity contribution in [1.82, 2.24) is 5.32 Å². The van der Waals surface area contributed by atoms with Crippen LogP contribution in [0.5, 0.6) is 0 Å². The van der Waals surface area contributed by atoms with E-state index in [1.165, 1.54) is 6.42 Å². The molecule has 122 valence electrons. The fraction of sp³-hybridized carbons (Fsp3) is 0.444. The molecule has 0 spiro atoms. The van der Waals surface area contributed by atoms with Crippen LogP contribution in [0.2, 0.25) is 0 Å². The highest BCUT2D eigenvalue weighted by Crippen LogP contribution is 2.23.